The van der Waals surface area contributed by atoms with Gasteiger partial charge in [0.05, 0.1) is 5.92 Å². The van der Waals surface area contributed by atoms with Crippen LogP contribution < -0.4 is 5.32 Å². The normalized spacial score (nSPS) is 26.8. The van der Waals surface area contributed by atoms with Gasteiger partial charge in [0.1, 0.15) is 0 Å². The molecule has 0 aromatic heterocycles. The van der Waals surface area contributed by atoms with E-state index in [0.717, 1.165) is 39.0 Å². The minimum Gasteiger partial charge on any atom is -0.342 e. The largest absolute Gasteiger partial charge is 0.342 e. The smallest absolute Gasteiger partial charge is 0.226 e. The third-order valence-electron chi connectivity index (χ3n) is 4.90. The van der Waals surface area contributed by atoms with Gasteiger partial charge >= 0.3 is 0 Å². The highest BCUT2D eigenvalue weighted by molar-refractivity contribution is 5.85. The van der Waals surface area contributed by atoms with Crippen molar-refractivity contribution in [2.45, 2.75) is 46.0 Å². The highest BCUT2D eigenvalue weighted by Gasteiger charge is 2.38. The Kier molecular flexibility index (Phi) is 5.93. The van der Waals surface area contributed by atoms with Gasteiger partial charge in [0.25, 0.3) is 0 Å². The Morgan fingerprint density at radius 2 is 2.11 bits per heavy atom. The molecule has 0 spiro atoms. The van der Waals surface area contributed by atoms with Crippen LogP contribution in [-0.4, -0.2) is 37.0 Å². The number of hydrogen-bond acceptors (Lipinski definition) is 2. The fourth-order valence-corrected chi connectivity index (χ4v) is 3.27. The minimum absolute atomic E-state index is 0. The van der Waals surface area contributed by atoms with E-state index >= 15 is 0 Å². The molecule has 0 aromatic rings. The molecule has 18 heavy (non-hydrogen) atoms. The number of halogens is 1. The van der Waals surface area contributed by atoms with Gasteiger partial charge in [0.15, 0.2) is 0 Å². The maximum absolute atomic E-state index is 12.4. The SMILES string of the molecule is CCC1(CC)CCN(C(=O)[C@@H]2CCCNC2)C1.Cl. The molecule has 2 aliphatic heterocycles. The van der Waals surface area contributed by atoms with Crippen molar-refractivity contribution in [2.24, 2.45) is 11.3 Å². The van der Waals surface area contributed by atoms with E-state index in [1.807, 2.05) is 0 Å². The lowest BCUT2D eigenvalue weighted by molar-refractivity contribution is -0.135. The van der Waals surface area contributed by atoms with Crippen LogP contribution in [0.2, 0.25) is 0 Å². The summed E-state index contributed by atoms with van der Waals surface area (Å²) in [5.74, 6) is 0.647. The summed E-state index contributed by atoms with van der Waals surface area (Å²) in [5.41, 5.74) is 0.414. The molecule has 4 heteroatoms. The van der Waals surface area contributed by atoms with Crippen molar-refractivity contribution < 1.29 is 4.79 Å². The molecule has 1 N–H and O–H groups in total. The molecule has 0 aliphatic carbocycles. The number of carbonyl (C=O) groups excluding carboxylic acids is 1. The second-order valence-electron chi connectivity index (χ2n) is 5.76. The van der Waals surface area contributed by atoms with Gasteiger partial charge in [-0.25, -0.2) is 0 Å². The Hall–Kier alpha value is -0.280. The van der Waals surface area contributed by atoms with Crippen molar-refractivity contribution in [1.29, 1.82) is 0 Å². The molecule has 2 heterocycles. The first-order valence-electron chi connectivity index (χ1n) is 7.20. The second-order valence-corrected chi connectivity index (χ2v) is 5.76. The molecule has 0 aromatic carbocycles. The number of carbonyl (C=O) groups is 1. The van der Waals surface area contributed by atoms with Crippen LogP contribution in [0.15, 0.2) is 0 Å². The zero-order chi connectivity index (χ0) is 12.3. The zero-order valence-electron chi connectivity index (χ0n) is 11.7. The van der Waals surface area contributed by atoms with Gasteiger partial charge in [0, 0.05) is 19.6 Å². The molecule has 106 valence electrons. The summed E-state index contributed by atoms with van der Waals surface area (Å²) in [4.78, 5) is 14.5. The number of piperidine rings is 1. The van der Waals surface area contributed by atoms with E-state index in [-0.39, 0.29) is 18.3 Å². The van der Waals surface area contributed by atoms with Gasteiger partial charge in [-0.05, 0) is 44.1 Å². The van der Waals surface area contributed by atoms with Crippen LogP contribution in [0.4, 0.5) is 0 Å². The molecule has 0 saturated carbocycles. The summed E-state index contributed by atoms with van der Waals surface area (Å²) in [6.07, 6.45) is 5.84. The first-order chi connectivity index (χ1) is 8.21. The summed E-state index contributed by atoms with van der Waals surface area (Å²) in [7, 11) is 0. The molecule has 2 rings (SSSR count). The van der Waals surface area contributed by atoms with Crippen molar-refractivity contribution in [3.8, 4) is 0 Å². The predicted molar refractivity (Wildman–Crippen MR) is 77.1 cm³/mol. The van der Waals surface area contributed by atoms with E-state index in [4.69, 9.17) is 0 Å². The molecular formula is C14H27ClN2O. The van der Waals surface area contributed by atoms with E-state index in [1.165, 1.54) is 19.3 Å². The van der Waals surface area contributed by atoms with Crippen LogP contribution in [0.5, 0.6) is 0 Å². The molecule has 2 aliphatic rings. The van der Waals surface area contributed by atoms with Crippen molar-refractivity contribution in [3.05, 3.63) is 0 Å². The molecule has 2 saturated heterocycles. The van der Waals surface area contributed by atoms with Crippen molar-refractivity contribution in [1.82, 2.24) is 10.2 Å². The van der Waals surface area contributed by atoms with Gasteiger partial charge in [-0.2, -0.15) is 0 Å². The molecule has 1 amide bonds. The van der Waals surface area contributed by atoms with E-state index in [0.29, 0.717) is 11.3 Å². The number of nitrogens with one attached hydrogen (secondary N) is 1. The fourth-order valence-electron chi connectivity index (χ4n) is 3.27. The average Bonchev–Trinajstić information content (AvgIpc) is 2.84. The monoisotopic (exact) mass is 274 g/mol. The number of rotatable bonds is 3. The van der Waals surface area contributed by atoms with Crippen molar-refractivity contribution >= 4 is 18.3 Å². The number of nitrogens with zero attached hydrogens (tertiary/aromatic N) is 1. The molecule has 2 fully saturated rings. The van der Waals surface area contributed by atoms with Gasteiger partial charge in [-0.15, -0.1) is 12.4 Å². The zero-order valence-corrected chi connectivity index (χ0v) is 12.5. The summed E-state index contributed by atoms with van der Waals surface area (Å²) >= 11 is 0. The van der Waals surface area contributed by atoms with Gasteiger partial charge in [-0.3, -0.25) is 4.79 Å². The molecular weight excluding hydrogens is 248 g/mol. The Morgan fingerprint density at radius 1 is 1.39 bits per heavy atom. The maximum atomic E-state index is 12.4. The molecule has 0 radical (unpaired) electrons. The molecule has 0 bridgehead atoms. The maximum Gasteiger partial charge on any atom is 0.226 e. The third-order valence-corrected chi connectivity index (χ3v) is 4.90. The molecule has 3 nitrogen and oxygen atoms in total. The Morgan fingerprint density at radius 3 is 2.61 bits per heavy atom. The lowest BCUT2D eigenvalue weighted by Crippen LogP contribution is -2.42. The lowest BCUT2D eigenvalue weighted by Gasteiger charge is -2.29. The highest BCUT2D eigenvalue weighted by atomic mass is 35.5. The Bertz CT molecular complexity index is 273. The average molecular weight is 275 g/mol. The van der Waals surface area contributed by atoms with Crippen LogP contribution in [-0.2, 0) is 4.79 Å². The van der Waals surface area contributed by atoms with Crippen LogP contribution in [0.1, 0.15) is 46.0 Å². The standard InChI is InChI=1S/C14H26N2O.ClH/c1-3-14(4-2)7-9-16(11-14)13(17)12-6-5-8-15-10-12;/h12,15H,3-11H2,1-2H3;1H/t12-;/m1./s1. The Labute approximate surface area is 117 Å². The molecule has 1 atom stereocenters. The van der Waals surface area contributed by atoms with E-state index in [2.05, 4.69) is 24.1 Å². The lowest BCUT2D eigenvalue weighted by atomic mass is 9.82. The summed E-state index contributed by atoms with van der Waals surface area (Å²) in [6.45, 7) is 8.48. The van der Waals surface area contributed by atoms with Crippen LogP contribution in [0.3, 0.4) is 0 Å². The minimum atomic E-state index is 0. The van der Waals surface area contributed by atoms with Gasteiger partial charge < -0.3 is 10.2 Å². The first kappa shape index (κ1) is 15.8. The number of hydrogen-bond donors (Lipinski definition) is 1. The van der Waals surface area contributed by atoms with Crippen LogP contribution in [0, 0.1) is 11.3 Å². The van der Waals surface area contributed by atoms with Crippen LogP contribution >= 0.6 is 12.4 Å². The van der Waals surface area contributed by atoms with E-state index in [9.17, 15) is 4.79 Å². The molecule has 0 unspecified atom stereocenters. The van der Waals surface area contributed by atoms with Crippen molar-refractivity contribution in [2.75, 3.05) is 26.2 Å². The second kappa shape index (κ2) is 6.76. The third kappa shape index (κ3) is 3.18. The Balaban J connectivity index is 0.00000162. The van der Waals surface area contributed by atoms with Crippen molar-refractivity contribution in [3.63, 3.8) is 0 Å². The predicted octanol–water partition coefficient (Wildman–Crippen LogP) is 2.45. The summed E-state index contributed by atoms with van der Waals surface area (Å²) in [6, 6.07) is 0. The quantitative estimate of drug-likeness (QED) is 0.857. The number of likely N-dealkylation sites (tertiary alicyclic amines) is 1. The summed E-state index contributed by atoms with van der Waals surface area (Å²) in [5, 5.41) is 3.34. The van der Waals surface area contributed by atoms with E-state index in [1.54, 1.807) is 0 Å². The van der Waals surface area contributed by atoms with Gasteiger partial charge in [-0.1, -0.05) is 13.8 Å². The van der Waals surface area contributed by atoms with Crippen LogP contribution in [0.25, 0.3) is 0 Å². The summed E-state index contributed by atoms with van der Waals surface area (Å²) < 4.78 is 0. The topological polar surface area (TPSA) is 32.3 Å². The number of amides is 1. The highest BCUT2D eigenvalue weighted by Crippen LogP contribution is 2.37. The fraction of sp³-hybridized carbons (Fsp3) is 0.929. The first-order valence-corrected chi connectivity index (χ1v) is 7.20. The van der Waals surface area contributed by atoms with Gasteiger partial charge in [0.2, 0.25) is 5.91 Å². The van der Waals surface area contributed by atoms with E-state index < -0.39 is 0 Å².